The molecule has 5 nitrogen and oxygen atoms in total. The molecule has 2 atom stereocenters. The zero-order valence-electron chi connectivity index (χ0n) is 16.0. The highest BCUT2D eigenvalue weighted by Crippen LogP contribution is 2.39. The zero-order chi connectivity index (χ0) is 20.7. The molecule has 1 aliphatic heterocycles. The predicted octanol–water partition coefficient (Wildman–Crippen LogP) is 3.65. The van der Waals surface area contributed by atoms with Crippen molar-refractivity contribution in [3.63, 3.8) is 0 Å². The van der Waals surface area contributed by atoms with Crippen LogP contribution in [0.3, 0.4) is 0 Å². The highest BCUT2D eigenvalue weighted by atomic mass is 32.2. The molecule has 2 aromatic rings. The summed E-state index contributed by atoms with van der Waals surface area (Å²) in [7, 11) is 0. The van der Waals surface area contributed by atoms with Gasteiger partial charge in [-0.05, 0) is 18.1 Å². The molecule has 0 aromatic heterocycles. The molecule has 0 spiro atoms. The van der Waals surface area contributed by atoms with Gasteiger partial charge >= 0.3 is 11.9 Å². The molecule has 2 unspecified atom stereocenters. The van der Waals surface area contributed by atoms with Crippen molar-refractivity contribution in [2.75, 3.05) is 12.4 Å². The second-order valence-corrected chi connectivity index (χ2v) is 8.60. The number of benzene rings is 2. The van der Waals surface area contributed by atoms with Crippen LogP contribution in [-0.4, -0.2) is 40.9 Å². The molecule has 0 N–H and O–H groups in total. The number of thioether (sulfide) groups is 2. The molecule has 1 fully saturated rings. The van der Waals surface area contributed by atoms with Crippen LogP contribution in [0.2, 0.25) is 0 Å². The van der Waals surface area contributed by atoms with Gasteiger partial charge in [-0.25, -0.2) is 9.59 Å². The molecule has 0 saturated carbocycles. The number of ether oxygens (including phenoxy) is 2. The summed E-state index contributed by atoms with van der Waals surface area (Å²) < 4.78 is 10.6. The smallest absolute Gasteiger partial charge is 0.377 e. The third-order valence-electron chi connectivity index (χ3n) is 4.45. The predicted molar refractivity (Wildman–Crippen MR) is 115 cm³/mol. The van der Waals surface area contributed by atoms with Crippen molar-refractivity contribution in [2.45, 2.75) is 29.3 Å². The normalized spacial score (nSPS) is 21.1. The Hall–Kier alpha value is -2.25. The van der Waals surface area contributed by atoms with Gasteiger partial charge in [0.1, 0.15) is 5.25 Å². The molecule has 1 heterocycles. The van der Waals surface area contributed by atoms with Crippen molar-refractivity contribution in [1.82, 2.24) is 0 Å². The molecule has 7 heteroatoms. The van der Waals surface area contributed by atoms with Crippen molar-refractivity contribution in [2.24, 2.45) is 0 Å². The van der Waals surface area contributed by atoms with E-state index in [1.807, 2.05) is 60.7 Å². The van der Waals surface area contributed by atoms with Gasteiger partial charge in [0.05, 0.1) is 6.61 Å². The molecule has 0 aliphatic carbocycles. The monoisotopic (exact) mass is 430 g/mol. The van der Waals surface area contributed by atoms with E-state index in [9.17, 15) is 14.4 Å². The van der Waals surface area contributed by atoms with Gasteiger partial charge in [0, 0.05) is 17.3 Å². The zero-order valence-corrected chi connectivity index (χ0v) is 17.7. The van der Waals surface area contributed by atoms with E-state index in [4.69, 9.17) is 9.47 Å². The topological polar surface area (TPSA) is 69.7 Å². The van der Waals surface area contributed by atoms with E-state index in [2.05, 4.69) is 0 Å². The van der Waals surface area contributed by atoms with Gasteiger partial charge < -0.3 is 9.47 Å². The second-order valence-electron chi connectivity index (χ2n) is 6.52. The Balaban J connectivity index is 1.79. The van der Waals surface area contributed by atoms with Crippen LogP contribution in [0.1, 0.15) is 18.1 Å². The minimum atomic E-state index is -1.61. The Morgan fingerprint density at radius 1 is 1.00 bits per heavy atom. The first-order valence-electron chi connectivity index (χ1n) is 9.28. The largest absolute Gasteiger partial charge is 0.463 e. The Morgan fingerprint density at radius 2 is 1.59 bits per heavy atom. The summed E-state index contributed by atoms with van der Waals surface area (Å²) in [6.45, 7) is 1.83. The van der Waals surface area contributed by atoms with E-state index in [1.165, 1.54) is 23.5 Å². The summed E-state index contributed by atoms with van der Waals surface area (Å²) in [4.78, 5) is 37.6. The molecular formula is C22H22O5S2. The van der Waals surface area contributed by atoms with Crippen LogP contribution in [0.15, 0.2) is 60.7 Å². The van der Waals surface area contributed by atoms with Gasteiger partial charge in [-0.2, -0.15) is 11.8 Å². The summed E-state index contributed by atoms with van der Waals surface area (Å²) in [6.07, 6.45) is 0. The highest BCUT2D eigenvalue weighted by molar-refractivity contribution is 8.00. The first-order valence-corrected chi connectivity index (χ1v) is 11.5. The summed E-state index contributed by atoms with van der Waals surface area (Å²) >= 11 is 2.69. The van der Waals surface area contributed by atoms with Gasteiger partial charge in [-0.3, -0.25) is 4.79 Å². The Kier molecular flexibility index (Phi) is 7.39. The molecule has 1 aliphatic rings. The molecular weight excluding hydrogens is 408 g/mol. The quantitative estimate of drug-likeness (QED) is 0.444. The van der Waals surface area contributed by atoms with Crippen molar-refractivity contribution < 1.29 is 23.9 Å². The first kappa shape index (κ1) is 21.5. The van der Waals surface area contributed by atoms with E-state index in [-0.39, 0.29) is 12.4 Å². The maximum absolute atomic E-state index is 12.8. The standard InChI is InChI=1S/C22H22O5S2/c1-2-26-21(25)22(15-28-13-16-9-5-3-6-10-16)19(18(23)20(24)27-22)29-14-17-11-7-4-8-12-17/h3-12,19H,2,13-15H2,1H3. The lowest BCUT2D eigenvalue weighted by molar-refractivity contribution is -0.171. The lowest BCUT2D eigenvalue weighted by Gasteiger charge is -2.29. The van der Waals surface area contributed by atoms with Gasteiger partial charge in [0.15, 0.2) is 0 Å². The third-order valence-corrected chi connectivity index (χ3v) is 7.04. The Morgan fingerprint density at radius 3 is 2.17 bits per heavy atom. The number of esters is 2. The lowest BCUT2D eigenvalue weighted by Crippen LogP contribution is -2.51. The molecule has 29 heavy (non-hydrogen) atoms. The summed E-state index contributed by atoms with van der Waals surface area (Å²) in [5.41, 5.74) is 0.475. The number of rotatable bonds is 9. The number of ketones is 1. The van der Waals surface area contributed by atoms with Crippen molar-refractivity contribution in [3.05, 3.63) is 71.8 Å². The van der Waals surface area contributed by atoms with Crippen LogP contribution in [0, 0.1) is 0 Å². The van der Waals surface area contributed by atoms with Crippen LogP contribution >= 0.6 is 23.5 Å². The van der Waals surface area contributed by atoms with Crippen LogP contribution in [0.4, 0.5) is 0 Å². The number of hydrogen-bond acceptors (Lipinski definition) is 7. The molecule has 0 radical (unpaired) electrons. The van der Waals surface area contributed by atoms with Crippen LogP contribution in [0.25, 0.3) is 0 Å². The second kappa shape index (κ2) is 9.98. The van der Waals surface area contributed by atoms with E-state index >= 15 is 0 Å². The van der Waals surface area contributed by atoms with Crippen molar-refractivity contribution in [1.29, 1.82) is 0 Å². The maximum Gasteiger partial charge on any atom is 0.377 e. The average molecular weight is 431 g/mol. The van der Waals surface area contributed by atoms with E-state index < -0.39 is 28.6 Å². The fourth-order valence-corrected chi connectivity index (χ4v) is 5.59. The number of hydrogen-bond donors (Lipinski definition) is 0. The van der Waals surface area contributed by atoms with Crippen LogP contribution in [0.5, 0.6) is 0 Å². The van der Waals surface area contributed by atoms with Gasteiger partial charge in [-0.1, -0.05) is 60.7 Å². The minimum Gasteiger partial charge on any atom is -0.463 e. The Labute approximate surface area is 178 Å². The molecule has 152 valence electrons. The average Bonchev–Trinajstić information content (AvgIpc) is 2.99. The molecule has 0 amide bonds. The number of cyclic esters (lactones) is 1. The number of carbonyl (C=O) groups excluding carboxylic acids is 3. The summed E-state index contributed by atoms with van der Waals surface area (Å²) in [6, 6.07) is 19.4. The van der Waals surface area contributed by atoms with Crippen molar-refractivity contribution >= 4 is 41.2 Å². The fourth-order valence-electron chi connectivity index (χ4n) is 3.01. The number of carbonyl (C=O) groups is 3. The van der Waals surface area contributed by atoms with E-state index in [1.54, 1.807) is 6.92 Å². The van der Waals surface area contributed by atoms with Crippen LogP contribution in [-0.2, 0) is 35.4 Å². The maximum atomic E-state index is 12.8. The SMILES string of the molecule is CCOC(=O)C1(CSCc2ccccc2)OC(=O)C(=O)C1SCc1ccccc1. The van der Waals surface area contributed by atoms with Crippen molar-refractivity contribution in [3.8, 4) is 0 Å². The van der Waals surface area contributed by atoms with Crippen LogP contribution < -0.4 is 0 Å². The van der Waals surface area contributed by atoms with E-state index in [0.29, 0.717) is 11.5 Å². The summed E-state index contributed by atoms with van der Waals surface area (Å²) in [5.74, 6) is -1.04. The Bertz CT molecular complexity index is 856. The number of Topliss-reactive ketones (excluding diaryl/α,β-unsaturated/α-hetero) is 1. The lowest BCUT2D eigenvalue weighted by atomic mass is 10.0. The molecule has 3 rings (SSSR count). The molecule has 0 bridgehead atoms. The van der Waals surface area contributed by atoms with Gasteiger partial charge in [0.2, 0.25) is 5.60 Å². The first-order chi connectivity index (χ1) is 14.1. The molecule has 2 aromatic carbocycles. The minimum absolute atomic E-state index is 0.145. The fraction of sp³-hybridized carbons (Fsp3) is 0.318. The molecule has 1 saturated heterocycles. The van der Waals surface area contributed by atoms with E-state index in [0.717, 1.165) is 11.1 Å². The van der Waals surface area contributed by atoms with Gasteiger partial charge in [-0.15, -0.1) is 11.8 Å². The van der Waals surface area contributed by atoms with Gasteiger partial charge in [0.25, 0.3) is 5.78 Å². The highest BCUT2D eigenvalue weighted by Gasteiger charge is 2.61. The third kappa shape index (κ3) is 5.03. The summed E-state index contributed by atoms with van der Waals surface area (Å²) in [5, 5.41) is -0.933.